The maximum atomic E-state index is 10.8. The lowest BCUT2D eigenvalue weighted by molar-refractivity contribution is 0.0699. The molecule has 0 fully saturated rings. The Hall–Kier alpha value is -1.77. The first-order valence-corrected chi connectivity index (χ1v) is 4.00. The largest absolute Gasteiger partial charge is 0.478 e. The fourth-order valence-corrected chi connectivity index (χ4v) is 1.47. The van der Waals surface area contributed by atoms with Gasteiger partial charge in [0.1, 0.15) is 0 Å². The average molecular weight is 175 g/mol. The van der Waals surface area contributed by atoms with Crippen LogP contribution in [0.25, 0.3) is 10.9 Å². The molecule has 0 saturated carbocycles. The molecule has 0 aliphatic carbocycles. The van der Waals surface area contributed by atoms with Crippen molar-refractivity contribution in [3.05, 3.63) is 35.5 Å². The summed E-state index contributed by atoms with van der Waals surface area (Å²) in [5, 5.41) is 9.81. The Labute approximate surface area is 75.0 Å². The highest BCUT2D eigenvalue weighted by molar-refractivity contribution is 6.02. The van der Waals surface area contributed by atoms with Crippen LogP contribution >= 0.6 is 0 Å². The van der Waals surface area contributed by atoms with Crippen LogP contribution < -0.4 is 0 Å². The van der Waals surface area contributed by atoms with Gasteiger partial charge in [-0.3, -0.25) is 0 Å². The zero-order valence-electron chi connectivity index (χ0n) is 7.16. The summed E-state index contributed by atoms with van der Waals surface area (Å²) in [5.41, 5.74) is 2.00. The smallest absolute Gasteiger partial charge is 0.337 e. The molecule has 0 aliphatic rings. The van der Waals surface area contributed by atoms with E-state index in [4.69, 9.17) is 5.11 Å². The van der Waals surface area contributed by atoms with Crippen LogP contribution in [0, 0.1) is 6.92 Å². The lowest BCUT2D eigenvalue weighted by Crippen LogP contribution is -1.96. The maximum Gasteiger partial charge on any atom is 0.337 e. The molecule has 2 aromatic rings. The van der Waals surface area contributed by atoms with E-state index in [0.29, 0.717) is 11.1 Å². The molecule has 1 aromatic heterocycles. The average Bonchev–Trinajstić information content (AvgIpc) is 2.43. The molecule has 0 bridgehead atoms. The zero-order valence-corrected chi connectivity index (χ0v) is 7.16. The third-order valence-corrected chi connectivity index (χ3v) is 2.02. The highest BCUT2D eigenvalue weighted by Crippen LogP contribution is 2.18. The van der Waals surface area contributed by atoms with Crippen LogP contribution in [0.3, 0.4) is 0 Å². The van der Waals surface area contributed by atoms with Crippen molar-refractivity contribution in [3.63, 3.8) is 0 Å². The number of rotatable bonds is 1. The van der Waals surface area contributed by atoms with Crippen molar-refractivity contribution >= 4 is 16.9 Å². The summed E-state index contributed by atoms with van der Waals surface area (Å²) in [7, 11) is 0. The van der Waals surface area contributed by atoms with Crippen molar-refractivity contribution in [1.29, 1.82) is 0 Å². The number of H-pyrrole nitrogens is 1. The van der Waals surface area contributed by atoms with Gasteiger partial charge in [0, 0.05) is 11.1 Å². The molecule has 0 radical (unpaired) electrons. The second kappa shape index (κ2) is 2.62. The third kappa shape index (κ3) is 1.18. The Morgan fingerprint density at radius 3 is 2.92 bits per heavy atom. The van der Waals surface area contributed by atoms with Gasteiger partial charge in [-0.25, -0.2) is 4.79 Å². The van der Waals surface area contributed by atoms with Gasteiger partial charge >= 0.3 is 5.97 Å². The Bertz CT molecular complexity index is 471. The fourth-order valence-electron chi connectivity index (χ4n) is 1.47. The molecular formula is C10H9NO2. The van der Waals surface area contributed by atoms with Crippen LogP contribution in [0.5, 0.6) is 0 Å². The number of aryl methyl sites for hydroxylation is 1. The van der Waals surface area contributed by atoms with E-state index in [0.717, 1.165) is 11.1 Å². The molecule has 0 aliphatic heterocycles. The lowest BCUT2D eigenvalue weighted by Gasteiger charge is -1.95. The molecule has 1 heterocycles. The molecule has 66 valence electrons. The Morgan fingerprint density at radius 1 is 1.46 bits per heavy atom. The molecule has 2 N–H and O–H groups in total. The fraction of sp³-hybridized carbons (Fsp3) is 0.100. The number of aromatic carboxylic acids is 1. The van der Waals surface area contributed by atoms with Gasteiger partial charge in [-0.05, 0) is 19.1 Å². The van der Waals surface area contributed by atoms with Crippen LogP contribution in [-0.4, -0.2) is 16.1 Å². The molecule has 3 nitrogen and oxygen atoms in total. The highest BCUT2D eigenvalue weighted by atomic mass is 16.4. The minimum Gasteiger partial charge on any atom is -0.478 e. The number of carboxylic acids is 1. The second-order valence-corrected chi connectivity index (χ2v) is 3.03. The number of carboxylic acid groups (broad SMARTS) is 1. The van der Waals surface area contributed by atoms with E-state index in [2.05, 4.69) is 4.98 Å². The topological polar surface area (TPSA) is 53.1 Å². The first kappa shape index (κ1) is 7.86. The molecular weight excluding hydrogens is 166 g/mol. The van der Waals surface area contributed by atoms with E-state index in [1.54, 1.807) is 12.1 Å². The summed E-state index contributed by atoms with van der Waals surface area (Å²) in [6.45, 7) is 1.91. The minimum absolute atomic E-state index is 0.325. The molecule has 1 aromatic carbocycles. The van der Waals surface area contributed by atoms with Crippen LogP contribution in [0.15, 0.2) is 24.3 Å². The van der Waals surface area contributed by atoms with Gasteiger partial charge in [-0.1, -0.05) is 12.1 Å². The van der Waals surface area contributed by atoms with E-state index >= 15 is 0 Å². The van der Waals surface area contributed by atoms with Gasteiger partial charge in [0.2, 0.25) is 0 Å². The summed E-state index contributed by atoms with van der Waals surface area (Å²) in [5.74, 6) is -0.896. The molecule has 0 atom stereocenters. The number of benzene rings is 1. The monoisotopic (exact) mass is 175 g/mol. The number of aromatic nitrogens is 1. The predicted octanol–water partition coefficient (Wildman–Crippen LogP) is 2.17. The minimum atomic E-state index is -0.896. The van der Waals surface area contributed by atoms with Crippen LogP contribution in [0.4, 0.5) is 0 Å². The highest BCUT2D eigenvalue weighted by Gasteiger charge is 2.08. The van der Waals surface area contributed by atoms with Crippen molar-refractivity contribution in [2.45, 2.75) is 6.92 Å². The zero-order chi connectivity index (χ0) is 9.42. The predicted molar refractivity (Wildman–Crippen MR) is 50.0 cm³/mol. The molecule has 3 heteroatoms. The van der Waals surface area contributed by atoms with Crippen molar-refractivity contribution in [2.24, 2.45) is 0 Å². The van der Waals surface area contributed by atoms with Crippen LogP contribution in [0.1, 0.15) is 16.1 Å². The molecule has 0 unspecified atom stereocenters. The van der Waals surface area contributed by atoms with Crippen molar-refractivity contribution in [3.8, 4) is 0 Å². The number of carbonyl (C=O) groups is 1. The van der Waals surface area contributed by atoms with Crippen molar-refractivity contribution in [2.75, 3.05) is 0 Å². The SMILES string of the molecule is Cc1cc2cccc(C(=O)O)c2[nH]1. The summed E-state index contributed by atoms with van der Waals surface area (Å²) >= 11 is 0. The molecule has 13 heavy (non-hydrogen) atoms. The summed E-state index contributed by atoms with van der Waals surface area (Å²) in [6.07, 6.45) is 0. The Balaban J connectivity index is 2.82. The summed E-state index contributed by atoms with van der Waals surface area (Å²) in [6, 6.07) is 7.17. The normalized spacial score (nSPS) is 10.5. The molecule has 0 amide bonds. The number of hydrogen-bond donors (Lipinski definition) is 2. The van der Waals surface area contributed by atoms with Crippen molar-refractivity contribution in [1.82, 2.24) is 4.98 Å². The second-order valence-electron chi connectivity index (χ2n) is 3.03. The first-order chi connectivity index (χ1) is 6.18. The van der Waals surface area contributed by atoms with Gasteiger partial charge in [-0.2, -0.15) is 0 Å². The molecule has 2 rings (SSSR count). The number of nitrogens with one attached hydrogen (secondary N) is 1. The van der Waals surface area contributed by atoms with Crippen LogP contribution in [0.2, 0.25) is 0 Å². The number of fused-ring (bicyclic) bond motifs is 1. The van der Waals surface area contributed by atoms with E-state index in [1.165, 1.54) is 0 Å². The van der Waals surface area contributed by atoms with Gasteiger partial charge in [0.05, 0.1) is 11.1 Å². The van der Waals surface area contributed by atoms with Gasteiger partial charge in [0.25, 0.3) is 0 Å². The van der Waals surface area contributed by atoms with Gasteiger partial charge in [-0.15, -0.1) is 0 Å². The van der Waals surface area contributed by atoms with E-state index < -0.39 is 5.97 Å². The van der Waals surface area contributed by atoms with E-state index in [1.807, 2.05) is 19.1 Å². The Morgan fingerprint density at radius 2 is 2.23 bits per heavy atom. The number of para-hydroxylation sites is 1. The Kier molecular flexibility index (Phi) is 1.59. The maximum absolute atomic E-state index is 10.8. The first-order valence-electron chi connectivity index (χ1n) is 4.00. The van der Waals surface area contributed by atoms with Gasteiger partial charge in [0.15, 0.2) is 0 Å². The molecule has 0 spiro atoms. The summed E-state index contributed by atoms with van der Waals surface area (Å²) < 4.78 is 0. The van der Waals surface area contributed by atoms with E-state index in [-0.39, 0.29) is 0 Å². The van der Waals surface area contributed by atoms with Crippen LogP contribution in [-0.2, 0) is 0 Å². The number of aromatic amines is 1. The van der Waals surface area contributed by atoms with Gasteiger partial charge < -0.3 is 10.1 Å². The van der Waals surface area contributed by atoms with Crippen molar-refractivity contribution < 1.29 is 9.90 Å². The molecule has 0 saturated heterocycles. The van der Waals surface area contributed by atoms with E-state index in [9.17, 15) is 4.79 Å². The standard InChI is InChI=1S/C10H9NO2/c1-6-5-7-3-2-4-8(10(12)13)9(7)11-6/h2-5,11H,1H3,(H,12,13). The summed E-state index contributed by atoms with van der Waals surface area (Å²) in [4.78, 5) is 13.8. The lowest BCUT2D eigenvalue weighted by atomic mass is 10.1. The quantitative estimate of drug-likeness (QED) is 0.697. The third-order valence-electron chi connectivity index (χ3n) is 2.02. The number of hydrogen-bond acceptors (Lipinski definition) is 1.